The lowest BCUT2D eigenvalue weighted by Crippen LogP contribution is -2.27. The predicted molar refractivity (Wildman–Crippen MR) is 103 cm³/mol. The van der Waals surface area contributed by atoms with Crippen molar-refractivity contribution in [2.24, 2.45) is 0 Å². The van der Waals surface area contributed by atoms with Crippen molar-refractivity contribution in [3.05, 3.63) is 59.2 Å². The third kappa shape index (κ3) is 4.90. The van der Waals surface area contributed by atoms with Crippen molar-refractivity contribution in [3.63, 3.8) is 0 Å². The molecule has 2 aromatic rings. The highest BCUT2D eigenvalue weighted by Crippen LogP contribution is 2.31. The van der Waals surface area contributed by atoms with Crippen molar-refractivity contribution in [2.45, 2.75) is 12.6 Å². The lowest BCUT2D eigenvalue weighted by atomic mass is 10.1. The number of alkyl halides is 3. The van der Waals surface area contributed by atoms with Crippen LogP contribution >= 0.6 is 0 Å². The van der Waals surface area contributed by atoms with Gasteiger partial charge in [0.15, 0.2) is 6.61 Å². The minimum Gasteiger partial charge on any atom is -0.452 e. The van der Waals surface area contributed by atoms with E-state index in [1.165, 1.54) is 28.6 Å². The number of sulfonamides is 1. The van der Waals surface area contributed by atoms with E-state index in [0.717, 1.165) is 24.5 Å². The average Bonchev–Trinajstić information content (AvgIpc) is 3.09. The molecule has 1 heterocycles. The van der Waals surface area contributed by atoms with Crippen LogP contribution in [0.1, 0.15) is 21.5 Å². The maximum absolute atomic E-state index is 12.7. The second-order valence-corrected chi connectivity index (χ2v) is 8.54. The summed E-state index contributed by atoms with van der Waals surface area (Å²) in [5, 5.41) is 2.24. The number of halogens is 3. The van der Waals surface area contributed by atoms with Crippen LogP contribution in [0.5, 0.6) is 0 Å². The monoisotopic (exact) mass is 442 g/mol. The van der Waals surface area contributed by atoms with Crippen molar-refractivity contribution in [1.82, 2.24) is 0 Å². The molecule has 11 heteroatoms. The average molecular weight is 442 g/mol. The first-order chi connectivity index (χ1) is 13.9. The minimum atomic E-state index is -4.55. The molecular weight excluding hydrogens is 425 g/mol. The highest BCUT2D eigenvalue weighted by atomic mass is 32.2. The van der Waals surface area contributed by atoms with E-state index in [1.807, 2.05) is 0 Å². The topological polar surface area (TPSA) is 92.8 Å². The summed E-state index contributed by atoms with van der Waals surface area (Å²) >= 11 is 0. The van der Waals surface area contributed by atoms with Gasteiger partial charge in [-0.25, -0.2) is 13.2 Å². The van der Waals surface area contributed by atoms with Gasteiger partial charge in [-0.3, -0.25) is 9.10 Å². The molecule has 0 bridgehead atoms. The van der Waals surface area contributed by atoms with Crippen LogP contribution in [0.2, 0.25) is 0 Å². The van der Waals surface area contributed by atoms with E-state index in [-0.39, 0.29) is 17.8 Å². The van der Waals surface area contributed by atoms with Gasteiger partial charge in [-0.2, -0.15) is 13.2 Å². The van der Waals surface area contributed by atoms with Crippen LogP contribution in [-0.4, -0.2) is 39.7 Å². The molecule has 1 aliphatic heterocycles. The molecule has 0 radical (unpaired) electrons. The number of benzene rings is 2. The lowest BCUT2D eigenvalue weighted by molar-refractivity contribution is -0.137. The summed E-state index contributed by atoms with van der Waals surface area (Å²) in [7, 11) is -3.42. The molecule has 0 saturated carbocycles. The molecule has 0 saturated heterocycles. The number of carbonyl (C=O) groups excluding carboxylic acids is 2. The molecule has 1 amide bonds. The molecule has 2 aromatic carbocycles. The summed E-state index contributed by atoms with van der Waals surface area (Å²) in [6.45, 7) is -0.423. The van der Waals surface area contributed by atoms with Gasteiger partial charge in [-0.05, 0) is 48.4 Å². The van der Waals surface area contributed by atoms with Crippen molar-refractivity contribution in [3.8, 4) is 0 Å². The van der Waals surface area contributed by atoms with E-state index in [9.17, 15) is 31.2 Å². The molecule has 1 N–H and O–H groups in total. The quantitative estimate of drug-likeness (QED) is 0.719. The van der Waals surface area contributed by atoms with E-state index in [1.54, 1.807) is 0 Å². The molecular formula is C19H17F3N2O5S. The Kier molecular flexibility index (Phi) is 5.75. The second-order valence-electron chi connectivity index (χ2n) is 6.63. The summed E-state index contributed by atoms with van der Waals surface area (Å²) in [6, 6.07) is 8.44. The number of carbonyl (C=O) groups is 2. The smallest absolute Gasteiger partial charge is 0.416 e. The number of anilines is 2. The number of amides is 1. The molecule has 160 valence electrons. The van der Waals surface area contributed by atoms with Gasteiger partial charge in [0, 0.05) is 12.2 Å². The summed E-state index contributed by atoms with van der Waals surface area (Å²) in [5.41, 5.74) is 0.276. The summed E-state index contributed by atoms with van der Waals surface area (Å²) in [6.07, 6.45) is -3.03. The Bertz CT molecular complexity index is 1100. The molecule has 0 fully saturated rings. The van der Waals surface area contributed by atoms with Crippen LogP contribution in [0.15, 0.2) is 42.5 Å². The second kappa shape index (κ2) is 7.98. The molecule has 1 aliphatic rings. The summed E-state index contributed by atoms with van der Waals surface area (Å²) < 4.78 is 67.8. The van der Waals surface area contributed by atoms with Crippen LogP contribution in [0.4, 0.5) is 24.5 Å². The molecule has 30 heavy (non-hydrogen) atoms. The van der Waals surface area contributed by atoms with Crippen molar-refractivity contribution in [1.29, 1.82) is 0 Å². The van der Waals surface area contributed by atoms with Crippen molar-refractivity contribution >= 4 is 33.3 Å². The maximum Gasteiger partial charge on any atom is 0.416 e. The lowest BCUT2D eigenvalue weighted by Gasteiger charge is -2.16. The highest BCUT2D eigenvalue weighted by Gasteiger charge is 2.30. The Hall–Kier alpha value is -3.08. The Labute approximate surface area is 170 Å². The van der Waals surface area contributed by atoms with Crippen LogP contribution in [0.25, 0.3) is 0 Å². The highest BCUT2D eigenvalue weighted by molar-refractivity contribution is 7.92. The Morgan fingerprint density at radius 2 is 1.90 bits per heavy atom. The fraction of sp³-hybridized carbons (Fsp3) is 0.263. The number of fused-ring (bicyclic) bond motifs is 1. The van der Waals surface area contributed by atoms with Gasteiger partial charge < -0.3 is 10.1 Å². The Balaban J connectivity index is 1.61. The van der Waals surface area contributed by atoms with Gasteiger partial charge in [-0.1, -0.05) is 6.07 Å². The summed E-state index contributed by atoms with van der Waals surface area (Å²) in [5.74, 6) is -1.61. The molecule has 0 aromatic heterocycles. The van der Waals surface area contributed by atoms with Crippen LogP contribution in [0.3, 0.4) is 0 Å². The van der Waals surface area contributed by atoms with Gasteiger partial charge >= 0.3 is 12.1 Å². The zero-order valence-corrected chi connectivity index (χ0v) is 16.5. The normalized spacial score (nSPS) is 13.7. The van der Waals surface area contributed by atoms with Gasteiger partial charge in [0.25, 0.3) is 5.91 Å². The van der Waals surface area contributed by atoms with E-state index in [2.05, 4.69) is 5.32 Å². The molecule has 0 unspecified atom stereocenters. The standard InChI is InChI=1S/C19H17F3N2O5S/c1-30(27,28)24-8-7-12-9-13(5-6-16(12)24)18(26)29-11-17(25)23-15-4-2-3-14(10-15)19(20,21)22/h2-6,9-10H,7-8,11H2,1H3,(H,23,25). The first-order valence-corrected chi connectivity index (χ1v) is 10.5. The SMILES string of the molecule is CS(=O)(=O)N1CCc2cc(C(=O)OCC(=O)Nc3cccc(C(F)(F)F)c3)ccc21. The predicted octanol–water partition coefficient (Wildman–Crippen LogP) is 2.82. The fourth-order valence-electron chi connectivity index (χ4n) is 3.03. The molecule has 7 nitrogen and oxygen atoms in total. The van der Waals surface area contributed by atoms with Gasteiger partial charge in [0.1, 0.15) is 0 Å². The maximum atomic E-state index is 12.7. The third-order valence-electron chi connectivity index (χ3n) is 4.38. The van der Waals surface area contributed by atoms with E-state index >= 15 is 0 Å². The number of hydrogen-bond acceptors (Lipinski definition) is 5. The van der Waals surface area contributed by atoms with Crippen molar-refractivity contribution < 1.29 is 35.9 Å². The number of esters is 1. The first kappa shape index (κ1) is 21.6. The van der Waals surface area contributed by atoms with E-state index < -0.39 is 40.2 Å². The fourth-order valence-corrected chi connectivity index (χ4v) is 3.99. The third-order valence-corrected chi connectivity index (χ3v) is 5.56. The van der Waals surface area contributed by atoms with Crippen LogP contribution < -0.4 is 9.62 Å². The molecule has 3 rings (SSSR count). The molecule has 0 atom stereocenters. The summed E-state index contributed by atoms with van der Waals surface area (Å²) in [4.78, 5) is 24.1. The van der Waals surface area contributed by atoms with Crippen LogP contribution in [-0.2, 0) is 32.2 Å². The number of hydrogen-bond donors (Lipinski definition) is 1. The molecule has 0 aliphatic carbocycles. The van der Waals surface area contributed by atoms with Crippen molar-refractivity contribution in [2.75, 3.05) is 29.0 Å². The number of nitrogens with one attached hydrogen (secondary N) is 1. The molecule has 0 spiro atoms. The van der Waals surface area contributed by atoms with Crippen LogP contribution in [0, 0.1) is 0 Å². The van der Waals surface area contributed by atoms with Gasteiger partial charge in [0.2, 0.25) is 10.0 Å². The number of ether oxygens (including phenoxy) is 1. The van der Waals surface area contributed by atoms with E-state index in [0.29, 0.717) is 17.7 Å². The van der Waals surface area contributed by atoms with Gasteiger partial charge in [0.05, 0.1) is 23.1 Å². The largest absolute Gasteiger partial charge is 0.452 e. The zero-order valence-electron chi connectivity index (χ0n) is 15.7. The van der Waals surface area contributed by atoms with Gasteiger partial charge in [-0.15, -0.1) is 0 Å². The van der Waals surface area contributed by atoms with E-state index in [4.69, 9.17) is 4.74 Å². The number of nitrogens with zero attached hydrogens (tertiary/aromatic N) is 1. The minimum absolute atomic E-state index is 0.0794. The Morgan fingerprint density at radius 1 is 1.17 bits per heavy atom. The zero-order chi connectivity index (χ0) is 22.1. The Morgan fingerprint density at radius 3 is 2.57 bits per heavy atom. The number of rotatable bonds is 5. The first-order valence-electron chi connectivity index (χ1n) is 8.70.